The molecule has 5 heterocycles. The van der Waals surface area contributed by atoms with E-state index >= 15 is 0 Å². The highest BCUT2D eigenvalue weighted by atomic mass is 16.3. The van der Waals surface area contributed by atoms with E-state index in [9.17, 15) is 5.11 Å². The van der Waals surface area contributed by atoms with Gasteiger partial charge in [-0.05, 0) is 43.6 Å². The SMILES string of the molecule is CC(c1cnccn1)c1ccc(C#CC2(O)CN3CCC2CC3)c(Cc2ccccc2)n1. The van der Waals surface area contributed by atoms with E-state index in [0.717, 1.165) is 48.6 Å². The molecule has 1 aromatic carbocycles. The molecule has 162 valence electrons. The Kier molecular flexibility index (Phi) is 5.73. The van der Waals surface area contributed by atoms with Crippen LogP contribution in [0.5, 0.6) is 0 Å². The van der Waals surface area contributed by atoms with Crippen LogP contribution in [0.2, 0.25) is 0 Å². The van der Waals surface area contributed by atoms with E-state index in [2.05, 4.69) is 45.8 Å². The minimum absolute atomic E-state index is 0.0336. The Morgan fingerprint density at radius 2 is 1.91 bits per heavy atom. The van der Waals surface area contributed by atoms with Crippen molar-refractivity contribution in [3.8, 4) is 11.8 Å². The number of piperidine rings is 3. The van der Waals surface area contributed by atoms with Gasteiger partial charge in [-0.2, -0.15) is 0 Å². The molecule has 2 unspecified atom stereocenters. The lowest BCUT2D eigenvalue weighted by Crippen LogP contribution is -2.58. The number of hydrogen-bond donors (Lipinski definition) is 1. The summed E-state index contributed by atoms with van der Waals surface area (Å²) in [6, 6.07) is 14.4. The molecule has 0 radical (unpaired) electrons. The fourth-order valence-electron chi connectivity index (χ4n) is 4.84. The number of fused-ring (bicyclic) bond motifs is 3. The normalized spacial score (nSPS) is 25.1. The highest BCUT2D eigenvalue weighted by Crippen LogP contribution is 2.35. The molecule has 3 aromatic rings. The van der Waals surface area contributed by atoms with Crippen LogP contribution in [0.1, 0.15) is 53.9 Å². The topological polar surface area (TPSA) is 62.1 Å². The van der Waals surface area contributed by atoms with Crippen molar-refractivity contribution in [3.63, 3.8) is 0 Å². The molecule has 2 aromatic heterocycles. The van der Waals surface area contributed by atoms with Crippen molar-refractivity contribution in [2.45, 2.75) is 37.7 Å². The van der Waals surface area contributed by atoms with Crippen LogP contribution < -0.4 is 0 Å². The van der Waals surface area contributed by atoms with Crippen LogP contribution in [0.25, 0.3) is 0 Å². The first-order valence-corrected chi connectivity index (χ1v) is 11.4. The van der Waals surface area contributed by atoms with Gasteiger partial charge < -0.3 is 5.11 Å². The van der Waals surface area contributed by atoms with Gasteiger partial charge in [0.1, 0.15) is 5.60 Å². The van der Waals surface area contributed by atoms with Crippen LogP contribution >= 0.6 is 0 Å². The number of rotatable bonds is 4. The Hall–Kier alpha value is -3.07. The molecule has 3 fully saturated rings. The zero-order chi connectivity index (χ0) is 22.0. The molecule has 32 heavy (non-hydrogen) atoms. The van der Waals surface area contributed by atoms with Crippen LogP contribution in [0, 0.1) is 17.8 Å². The van der Waals surface area contributed by atoms with Crippen LogP contribution in [0.3, 0.4) is 0 Å². The summed E-state index contributed by atoms with van der Waals surface area (Å²) < 4.78 is 0. The van der Waals surface area contributed by atoms with E-state index in [-0.39, 0.29) is 11.8 Å². The lowest BCUT2D eigenvalue weighted by Gasteiger charge is -2.47. The smallest absolute Gasteiger partial charge is 0.141 e. The van der Waals surface area contributed by atoms with Gasteiger partial charge in [-0.1, -0.05) is 49.1 Å². The number of benzene rings is 1. The predicted molar refractivity (Wildman–Crippen MR) is 124 cm³/mol. The summed E-state index contributed by atoms with van der Waals surface area (Å²) in [4.78, 5) is 16.0. The number of aliphatic hydroxyl groups is 1. The quantitative estimate of drug-likeness (QED) is 0.651. The van der Waals surface area contributed by atoms with Crippen LogP contribution in [0.4, 0.5) is 0 Å². The van der Waals surface area contributed by atoms with Crippen molar-refractivity contribution < 1.29 is 5.11 Å². The Morgan fingerprint density at radius 3 is 2.59 bits per heavy atom. The lowest BCUT2D eigenvalue weighted by atomic mass is 9.75. The number of nitrogens with zero attached hydrogens (tertiary/aromatic N) is 4. The Labute approximate surface area is 189 Å². The first-order chi connectivity index (χ1) is 15.6. The molecule has 5 heteroatoms. The van der Waals surface area contributed by atoms with Crippen molar-refractivity contribution in [2.24, 2.45) is 5.92 Å². The van der Waals surface area contributed by atoms with Gasteiger partial charge >= 0.3 is 0 Å². The molecule has 1 N–H and O–H groups in total. The number of aromatic nitrogens is 3. The fraction of sp³-hybridized carbons (Fsp3) is 0.370. The highest BCUT2D eigenvalue weighted by molar-refractivity contribution is 5.44. The van der Waals surface area contributed by atoms with Crippen LogP contribution in [0.15, 0.2) is 61.1 Å². The van der Waals surface area contributed by atoms with Gasteiger partial charge in [-0.3, -0.25) is 19.9 Å². The first-order valence-electron chi connectivity index (χ1n) is 11.4. The molecule has 5 nitrogen and oxygen atoms in total. The summed E-state index contributed by atoms with van der Waals surface area (Å²) in [6.07, 6.45) is 7.93. The maximum atomic E-state index is 11.2. The van der Waals surface area contributed by atoms with E-state index < -0.39 is 5.60 Å². The van der Waals surface area contributed by atoms with E-state index in [0.29, 0.717) is 13.0 Å². The lowest BCUT2D eigenvalue weighted by molar-refractivity contribution is -0.0713. The summed E-state index contributed by atoms with van der Waals surface area (Å²) in [5, 5.41) is 11.2. The van der Waals surface area contributed by atoms with Crippen molar-refractivity contribution >= 4 is 0 Å². The second-order valence-corrected chi connectivity index (χ2v) is 8.97. The van der Waals surface area contributed by atoms with E-state index in [1.807, 2.05) is 30.3 Å². The molecule has 3 aliphatic heterocycles. The molecule has 6 rings (SSSR count). The van der Waals surface area contributed by atoms with Gasteiger partial charge in [0, 0.05) is 54.6 Å². The third-order valence-electron chi connectivity index (χ3n) is 6.82. The molecule has 3 aliphatic rings. The second kappa shape index (κ2) is 8.82. The van der Waals surface area contributed by atoms with Gasteiger partial charge in [0.15, 0.2) is 0 Å². The van der Waals surface area contributed by atoms with Crippen LogP contribution in [-0.2, 0) is 6.42 Å². The monoisotopic (exact) mass is 424 g/mol. The van der Waals surface area contributed by atoms with Crippen molar-refractivity contribution in [2.75, 3.05) is 19.6 Å². The summed E-state index contributed by atoms with van der Waals surface area (Å²) >= 11 is 0. The second-order valence-electron chi connectivity index (χ2n) is 8.97. The van der Waals surface area contributed by atoms with Crippen molar-refractivity contribution in [3.05, 3.63) is 89.3 Å². The minimum atomic E-state index is -0.924. The summed E-state index contributed by atoms with van der Waals surface area (Å²) in [5.74, 6) is 6.87. The fourth-order valence-corrected chi connectivity index (χ4v) is 4.84. The molecule has 0 spiro atoms. The van der Waals surface area contributed by atoms with Crippen molar-refractivity contribution in [1.29, 1.82) is 0 Å². The van der Waals surface area contributed by atoms with Crippen molar-refractivity contribution in [1.82, 2.24) is 19.9 Å². The molecule has 2 atom stereocenters. The minimum Gasteiger partial charge on any atom is -0.376 e. The van der Waals surface area contributed by atoms with E-state index in [4.69, 9.17) is 4.98 Å². The number of hydrogen-bond acceptors (Lipinski definition) is 5. The van der Waals surface area contributed by atoms with Gasteiger partial charge in [0.2, 0.25) is 0 Å². The third-order valence-corrected chi connectivity index (χ3v) is 6.82. The molecule has 3 saturated heterocycles. The van der Waals surface area contributed by atoms with Gasteiger partial charge in [-0.15, -0.1) is 0 Å². The molecular formula is C27H28N4O. The van der Waals surface area contributed by atoms with E-state index in [1.54, 1.807) is 18.6 Å². The van der Waals surface area contributed by atoms with E-state index in [1.165, 1.54) is 5.56 Å². The zero-order valence-corrected chi connectivity index (χ0v) is 18.4. The summed E-state index contributed by atoms with van der Waals surface area (Å²) in [6.45, 7) is 4.89. The summed E-state index contributed by atoms with van der Waals surface area (Å²) in [5.41, 5.74) is 3.92. The Morgan fingerprint density at radius 1 is 1.09 bits per heavy atom. The predicted octanol–water partition coefficient (Wildman–Crippen LogP) is 3.42. The van der Waals surface area contributed by atoms with Gasteiger partial charge in [-0.25, -0.2) is 0 Å². The first kappa shape index (κ1) is 20.8. The molecule has 0 saturated carbocycles. The Bertz CT molecular complexity index is 1130. The third kappa shape index (κ3) is 4.29. The maximum absolute atomic E-state index is 11.2. The number of pyridine rings is 1. The van der Waals surface area contributed by atoms with Crippen LogP contribution in [-0.4, -0.2) is 50.2 Å². The largest absolute Gasteiger partial charge is 0.376 e. The Balaban J connectivity index is 1.49. The molecule has 2 bridgehead atoms. The zero-order valence-electron chi connectivity index (χ0n) is 18.4. The summed E-state index contributed by atoms with van der Waals surface area (Å²) in [7, 11) is 0. The molecular weight excluding hydrogens is 396 g/mol. The molecule has 0 aliphatic carbocycles. The highest BCUT2D eigenvalue weighted by Gasteiger charge is 2.44. The maximum Gasteiger partial charge on any atom is 0.141 e. The standard InChI is InChI=1S/C27H28N4O/c1-20(26-18-28-13-14-29-26)24-8-7-22(25(30-24)17-21-5-3-2-4-6-21)9-12-27(32)19-31-15-10-23(27)11-16-31/h2-8,13-14,18,20,23,32H,10-11,15-17,19H2,1H3. The average Bonchev–Trinajstić information content (AvgIpc) is 2.84. The molecule has 0 amide bonds. The average molecular weight is 425 g/mol. The van der Waals surface area contributed by atoms with Gasteiger partial charge in [0.25, 0.3) is 0 Å². The van der Waals surface area contributed by atoms with Gasteiger partial charge in [0.05, 0.1) is 11.4 Å².